The maximum absolute atomic E-state index is 12.6. The van der Waals surface area contributed by atoms with E-state index in [9.17, 15) is 4.79 Å². The summed E-state index contributed by atoms with van der Waals surface area (Å²) in [4.78, 5) is 13.3. The topological polar surface area (TPSA) is 52.1 Å². The molecule has 1 aliphatic rings. The number of carbonyl (C=O) groups excluding carboxylic acids is 1. The van der Waals surface area contributed by atoms with E-state index in [0.717, 1.165) is 36.3 Å². The third-order valence-electron chi connectivity index (χ3n) is 3.21. The molecule has 2 aromatic rings. The van der Waals surface area contributed by atoms with Gasteiger partial charge < -0.3 is 4.74 Å². The van der Waals surface area contributed by atoms with Gasteiger partial charge in [-0.25, -0.2) is 0 Å². The second-order valence-electron chi connectivity index (χ2n) is 4.52. The Bertz CT molecular complexity index is 622. The predicted molar refractivity (Wildman–Crippen MR) is 73.0 cm³/mol. The molecule has 0 saturated heterocycles. The fourth-order valence-electron chi connectivity index (χ4n) is 2.30. The van der Waals surface area contributed by atoms with Crippen LogP contribution in [0.2, 0.25) is 0 Å². The Morgan fingerprint density at radius 3 is 3.21 bits per heavy atom. The van der Waals surface area contributed by atoms with Gasteiger partial charge in [0.25, 0.3) is 0 Å². The van der Waals surface area contributed by atoms with E-state index in [4.69, 9.17) is 4.74 Å². The van der Waals surface area contributed by atoms with Crippen LogP contribution in [0.3, 0.4) is 0 Å². The van der Waals surface area contributed by atoms with Gasteiger partial charge in [0, 0.05) is 6.42 Å². The summed E-state index contributed by atoms with van der Waals surface area (Å²) in [7, 11) is 0. The van der Waals surface area contributed by atoms with Crippen molar-refractivity contribution in [3.63, 3.8) is 0 Å². The van der Waals surface area contributed by atoms with Crippen LogP contribution in [0.15, 0.2) is 18.2 Å². The van der Waals surface area contributed by atoms with Gasteiger partial charge in [-0.3, -0.25) is 4.79 Å². The molecule has 0 bridgehead atoms. The normalized spacial score (nSPS) is 13.1. The average molecular weight is 274 g/mol. The lowest BCUT2D eigenvalue weighted by Gasteiger charge is -2.06. The monoisotopic (exact) mass is 274 g/mol. The van der Waals surface area contributed by atoms with Crippen molar-refractivity contribution in [3.05, 3.63) is 39.9 Å². The van der Waals surface area contributed by atoms with Crippen molar-refractivity contribution in [1.82, 2.24) is 9.59 Å². The third kappa shape index (κ3) is 2.14. The molecule has 0 saturated carbocycles. The Hall–Kier alpha value is -1.75. The Morgan fingerprint density at radius 2 is 2.37 bits per heavy atom. The number of hydrogen-bond acceptors (Lipinski definition) is 5. The summed E-state index contributed by atoms with van der Waals surface area (Å²) in [6.45, 7) is 2.72. The molecule has 1 aromatic carbocycles. The van der Waals surface area contributed by atoms with Gasteiger partial charge in [0.15, 0.2) is 0 Å². The first-order valence-corrected chi connectivity index (χ1v) is 7.19. The number of carbonyl (C=O) groups is 1. The molecule has 4 nitrogen and oxygen atoms in total. The first-order valence-electron chi connectivity index (χ1n) is 6.42. The van der Waals surface area contributed by atoms with Crippen LogP contribution in [0.1, 0.15) is 39.8 Å². The van der Waals surface area contributed by atoms with E-state index in [0.29, 0.717) is 17.0 Å². The lowest BCUT2D eigenvalue weighted by atomic mass is 10.0. The van der Waals surface area contributed by atoms with Crippen LogP contribution in [-0.2, 0) is 12.8 Å². The zero-order valence-corrected chi connectivity index (χ0v) is 11.5. The summed E-state index contributed by atoms with van der Waals surface area (Å²) in [5.41, 5.74) is 2.55. The van der Waals surface area contributed by atoms with Crippen LogP contribution >= 0.6 is 11.5 Å². The van der Waals surface area contributed by atoms with Gasteiger partial charge in [0.05, 0.1) is 17.9 Å². The van der Waals surface area contributed by atoms with Crippen LogP contribution in [0.5, 0.6) is 5.75 Å². The highest BCUT2D eigenvalue weighted by Gasteiger charge is 2.24. The van der Waals surface area contributed by atoms with Gasteiger partial charge in [-0.2, -0.15) is 0 Å². The predicted octanol–water partition coefficient (Wildman–Crippen LogP) is 2.66. The molecule has 3 rings (SSSR count). The summed E-state index contributed by atoms with van der Waals surface area (Å²) in [6.07, 6.45) is 2.61. The minimum Gasteiger partial charge on any atom is -0.492 e. The summed E-state index contributed by atoms with van der Waals surface area (Å²) in [5, 5.41) is 4.05. The van der Waals surface area contributed by atoms with Gasteiger partial charge in [-0.1, -0.05) is 30.0 Å². The minimum absolute atomic E-state index is 0.0165. The molecule has 0 unspecified atom stereocenters. The molecular formula is C14H14N2O2S. The van der Waals surface area contributed by atoms with Gasteiger partial charge in [-0.05, 0) is 29.6 Å². The molecule has 0 fully saturated rings. The Morgan fingerprint density at radius 1 is 1.47 bits per heavy atom. The van der Waals surface area contributed by atoms with E-state index in [1.165, 1.54) is 11.5 Å². The number of para-hydroxylation sites is 1. The summed E-state index contributed by atoms with van der Waals surface area (Å²) >= 11 is 1.17. The Kier molecular flexibility index (Phi) is 3.29. The smallest absolute Gasteiger partial charge is 0.210 e. The van der Waals surface area contributed by atoms with Crippen LogP contribution in [0.25, 0.3) is 0 Å². The van der Waals surface area contributed by atoms with Crippen molar-refractivity contribution in [1.29, 1.82) is 0 Å². The largest absolute Gasteiger partial charge is 0.492 e. The van der Waals surface area contributed by atoms with Crippen molar-refractivity contribution in [2.75, 3.05) is 6.61 Å². The molecule has 0 atom stereocenters. The molecule has 0 spiro atoms. The van der Waals surface area contributed by atoms with E-state index in [1.807, 2.05) is 18.2 Å². The van der Waals surface area contributed by atoms with Crippen molar-refractivity contribution >= 4 is 17.3 Å². The van der Waals surface area contributed by atoms with Gasteiger partial charge in [0.2, 0.25) is 5.78 Å². The van der Waals surface area contributed by atoms with Crippen molar-refractivity contribution in [2.24, 2.45) is 0 Å². The SMILES string of the molecule is CCCc1nnsc1C(=O)c1cccc2c1OCC2. The molecule has 1 aliphatic heterocycles. The molecule has 1 aromatic heterocycles. The quantitative estimate of drug-likeness (QED) is 0.804. The maximum Gasteiger partial charge on any atom is 0.210 e. The standard InChI is InChI=1S/C14H14N2O2S/c1-2-4-11-14(19-16-15-11)12(17)10-6-3-5-9-7-8-18-13(9)10/h3,5-6H,2,4,7-8H2,1H3. The summed E-state index contributed by atoms with van der Waals surface area (Å²) < 4.78 is 9.50. The second kappa shape index (κ2) is 5.09. The summed E-state index contributed by atoms with van der Waals surface area (Å²) in [5.74, 6) is 0.723. The molecule has 0 aliphatic carbocycles. The fraction of sp³-hybridized carbons (Fsp3) is 0.357. The summed E-state index contributed by atoms with van der Waals surface area (Å²) in [6, 6.07) is 5.74. The molecule has 5 heteroatoms. The number of benzene rings is 1. The molecule has 0 radical (unpaired) electrons. The van der Waals surface area contributed by atoms with E-state index >= 15 is 0 Å². The molecule has 98 valence electrons. The van der Waals surface area contributed by atoms with Gasteiger partial charge in [0.1, 0.15) is 10.6 Å². The van der Waals surface area contributed by atoms with Gasteiger partial charge in [-0.15, -0.1) is 5.10 Å². The van der Waals surface area contributed by atoms with Crippen LogP contribution in [-0.4, -0.2) is 22.0 Å². The number of ether oxygens (including phenoxy) is 1. The van der Waals surface area contributed by atoms with E-state index in [-0.39, 0.29) is 5.78 Å². The lowest BCUT2D eigenvalue weighted by Crippen LogP contribution is -2.05. The van der Waals surface area contributed by atoms with Crippen molar-refractivity contribution in [2.45, 2.75) is 26.2 Å². The van der Waals surface area contributed by atoms with Crippen LogP contribution in [0, 0.1) is 0 Å². The highest BCUT2D eigenvalue weighted by atomic mass is 32.1. The number of aromatic nitrogens is 2. The number of ketones is 1. The molecule has 19 heavy (non-hydrogen) atoms. The number of hydrogen-bond donors (Lipinski definition) is 0. The molecule has 0 N–H and O–H groups in total. The van der Waals surface area contributed by atoms with Gasteiger partial charge >= 0.3 is 0 Å². The van der Waals surface area contributed by atoms with E-state index < -0.39 is 0 Å². The van der Waals surface area contributed by atoms with Crippen LogP contribution in [0.4, 0.5) is 0 Å². The lowest BCUT2D eigenvalue weighted by molar-refractivity contribution is 0.103. The molecule has 0 amide bonds. The number of nitrogens with zero attached hydrogens (tertiary/aromatic N) is 2. The average Bonchev–Trinajstić information content (AvgIpc) is 3.06. The Labute approximate surface area is 115 Å². The van der Waals surface area contributed by atoms with Crippen molar-refractivity contribution in [3.8, 4) is 5.75 Å². The Balaban J connectivity index is 2.00. The highest BCUT2D eigenvalue weighted by Crippen LogP contribution is 2.32. The van der Waals surface area contributed by atoms with E-state index in [2.05, 4.69) is 16.5 Å². The molecule has 2 heterocycles. The zero-order valence-electron chi connectivity index (χ0n) is 10.7. The molecular weight excluding hydrogens is 260 g/mol. The third-order valence-corrected chi connectivity index (χ3v) is 3.97. The van der Waals surface area contributed by atoms with Crippen molar-refractivity contribution < 1.29 is 9.53 Å². The highest BCUT2D eigenvalue weighted by molar-refractivity contribution is 7.08. The van der Waals surface area contributed by atoms with Crippen LogP contribution < -0.4 is 4.74 Å². The minimum atomic E-state index is -0.0165. The first kappa shape index (κ1) is 12.3. The zero-order chi connectivity index (χ0) is 13.2. The number of aryl methyl sites for hydroxylation is 1. The maximum atomic E-state index is 12.6. The fourth-order valence-corrected chi connectivity index (χ4v) is 2.96. The second-order valence-corrected chi connectivity index (χ2v) is 5.27. The van der Waals surface area contributed by atoms with E-state index in [1.54, 1.807) is 0 Å². The number of fused-ring (bicyclic) bond motifs is 1. The number of rotatable bonds is 4. The first-order chi connectivity index (χ1) is 9.31.